The first-order valence-electron chi connectivity index (χ1n) is 2.66. The van der Waals surface area contributed by atoms with Gasteiger partial charge < -0.3 is 14.3 Å². The van der Waals surface area contributed by atoms with Gasteiger partial charge in [-0.15, -0.1) is 0 Å². The van der Waals surface area contributed by atoms with Crippen LogP contribution in [0.1, 0.15) is 0 Å². The summed E-state index contributed by atoms with van der Waals surface area (Å²) in [6.07, 6.45) is 0. The molecule has 54 valence electrons. The minimum absolute atomic E-state index is 0. The third-order valence-electron chi connectivity index (χ3n) is 0.923. The first-order chi connectivity index (χ1) is 4.79. The van der Waals surface area contributed by atoms with Crippen molar-refractivity contribution in [1.82, 2.24) is 0 Å². The van der Waals surface area contributed by atoms with E-state index in [2.05, 4.69) is 4.52 Å². The first-order valence-corrected chi connectivity index (χ1v) is 3.76. The van der Waals surface area contributed by atoms with Crippen LogP contribution in [-0.2, 0) is 0 Å². The Kier molecular flexibility index (Phi) is 14.5. The second kappa shape index (κ2) is 10.2. The number of benzene rings is 1. The second-order valence-corrected chi connectivity index (χ2v) is 2.26. The van der Waals surface area contributed by atoms with Crippen LogP contribution >= 0.6 is 8.60 Å². The van der Waals surface area contributed by atoms with E-state index in [9.17, 15) is 9.79 Å². The average molecular weight is 234 g/mol. The summed E-state index contributed by atoms with van der Waals surface area (Å²) in [4.78, 5) is 20.0. The summed E-state index contributed by atoms with van der Waals surface area (Å²) in [5, 5.41) is 0. The van der Waals surface area contributed by atoms with Crippen LogP contribution in [0.2, 0.25) is 0 Å². The van der Waals surface area contributed by atoms with E-state index in [-0.39, 0.29) is 103 Å². The van der Waals surface area contributed by atoms with E-state index in [1.165, 1.54) is 0 Å². The molecule has 0 bridgehead atoms. The molecule has 0 saturated heterocycles. The van der Waals surface area contributed by atoms with Crippen molar-refractivity contribution in [1.29, 1.82) is 0 Å². The molecule has 1 rings (SSSR count). The minimum Gasteiger partial charge on any atom is -0.810 e. The molecule has 3 nitrogen and oxygen atoms in total. The summed E-state index contributed by atoms with van der Waals surface area (Å²) >= 11 is 0. The Morgan fingerprint density at radius 3 is 1.92 bits per heavy atom. The van der Waals surface area contributed by atoms with Gasteiger partial charge in [-0.25, -0.2) is 0 Å². The van der Waals surface area contributed by atoms with Gasteiger partial charge in [-0.3, -0.25) is 0 Å². The second-order valence-electron chi connectivity index (χ2n) is 1.63. The van der Waals surface area contributed by atoms with Crippen LogP contribution in [-0.4, -0.2) is 0 Å². The number of hydrogen-bond donors (Lipinski definition) is 0. The Bertz CT molecular complexity index is 195. The minimum atomic E-state index is -2.78. The molecular weight excluding hydrogens is 229 g/mol. The van der Waals surface area contributed by atoms with Crippen molar-refractivity contribution >= 4 is 8.60 Å². The fourth-order valence-corrected chi connectivity index (χ4v) is 0.861. The summed E-state index contributed by atoms with van der Waals surface area (Å²) in [6, 6.07) is 8.34. The molecule has 0 N–H and O–H groups in total. The van der Waals surface area contributed by atoms with Crippen LogP contribution in [0.15, 0.2) is 30.3 Å². The third-order valence-corrected chi connectivity index (χ3v) is 1.28. The SMILES string of the molecule is [K+].[K+].[O-]P([O-])Oc1ccccc1. The van der Waals surface area contributed by atoms with Crippen molar-refractivity contribution in [3.63, 3.8) is 0 Å². The van der Waals surface area contributed by atoms with Gasteiger partial charge in [-0.1, -0.05) is 26.8 Å². The van der Waals surface area contributed by atoms with E-state index >= 15 is 0 Å². The topological polar surface area (TPSA) is 55.3 Å². The Morgan fingerprint density at radius 1 is 1.00 bits per heavy atom. The molecule has 0 amide bonds. The zero-order valence-electron chi connectivity index (χ0n) is 7.06. The van der Waals surface area contributed by atoms with Gasteiger partial charge in [0.15, 0.2) is 0 Å². The fraction of sp³-hybridized carbons (Fsp3) is 0. The molecule has 0 aliphatic rings. The summed E-state index contributed by atoms with van der Waals surface area (Å²) in [5.41, 5.74) is 0. The predicted octanol–water partition coefficient (Wildman–Crippen LogP) is -5.98. The van der Waals surface area contributed by atoms with E-state index in [0.29, 0.717) is 5.75 Å². The van der Waals surface area contributed by atoms with E-state index in [4.69, 9.17) is 0 Å². The van der Waals surface area contributed by atoms with Crippen LogP contribution in [0.25, 0.3) is 0 Å². The van der Waals surface area contributed by atoms with Crippen LogP contribution < -0.4 is 117 Å². The van der Waals surface area contributed by atoms with Crippen LogP contribution in [0.5, 0.6) is 5.75 Å². The van der Waals surface area contributed by atoms with Gasteiger partial charge in [0.25, 0.3) is 0 Å². The molecule has 0 spiro atoms. The quantitative estimate of drug-likeness (QED) is 0.378. The predicted molar refractivity (Wildman–Crippen MR) is 34.0 cm³/mol. The van der Waals surface area contributed by atoms with E-state index in [1.54, 1.807) is 30.3 Å². The number of para-hydroxylation sites is 1. The molecule has 0 aliphatic carbocycles. The van der Waals surface area contributed by atoms with E-state index in [1.807, 2.05) is 0 Å². The van der Waals surface area contributed by atoms with Crippen LogP contribution in [0, 0.1) is 0 Å². The maximum absolute atomic E-state index is 9.98. The molecule has 0 unspecified atom stereocenters. The molecule has 0 aromatic heterocycles. The summed E-state index contributed by atoms with van der Waals surface area (Å²) < 4.78 is 4.37. The monoisotopic (exact) mass is 234 g/mol. The molecule has 12 heavy (non-hydrogen) atoms. The maximum atomic E-state index is 9.98. The summed E-state index contributed by atoms with van der Waals surface area (Å²) in [6.45, 7) is 0. The van der Waals surface area contributed by atoms with Crippen LogP contribution in [0.3, 0.4) is 0 Å². The van der Waals surface area contributed by atoms with Crippen molar-refractivity contribution in [3.8, 4) is 5.75 Å². The average Bonchev–Trinajstić information content (AvgIpc) is 1.88. The molecular formula is C6H5K2O3P. The number of rotatable bonds is 2. The zero-order chi connectivity index (χ0) is 7.40. The molecule has 0 aliphatic heterocycles. The summed E-state index contributed by atoms with van der Waals surface area (Å²) in [5.74, 6) is 0.346. The van der Waals surface area contributed by atoms with Gasteiger partial charge >= 0.3 is 103 Å². The fourth-order valence-electron chi connectivity index (χ4n) is 0.567. The molecule has 0 saturated carbocycles. The van der Waals surface area contributed by atoms with Gasteiger partial charge in [0.05, 0.1) is 0 Å². The molecule has 1 aromatic rings. The molecule has 6 heteroatoms. The molecule has 0 fully saturated rings. The Hall–Kier alpha value is 2.64. The molecule has 0 atom stereocenters. The summed E-state index contributed by atoms with van der Waals surface area (Å²) in [7, 11) is -2.78. The van der Waals surface area contributed by atoms with Crippen molar-refractivity contribution in [2.45, 2.75) is 0 Å². The zero-order valence-corrected chi connectivity index (χ0v) is 14.2. The Morgan fingerprint density at radius 2 is 1.50 bits per heavy atom. The van der Waals surface area contributed by atoms with Crippen molar-refractivity contribution in [3.05, 3.63) is 30.3 Å². The number of hydrogen-bond acceptors (Lipinski definition) is 3. The van der Waals surface area contributed by atoms with E-state index < -0.39 is 8.60 Å². The van der Waals surface area contributed by atoms with E-state index in [0.717, 1.165) is 0 Å². The van der Waals surface area contributed by atoms with Crippen molar-refractivity contribution < 1.29 is 117 Å². The van der Waals surface area contributed by atoms with Crippen molar-refractivity contribution in [2.75, 3.05) is 0 Å². The smallest absolute Gasteiger partial charge is 0.810 e. The maximum Gasteiger partial charge on any atom is 1.00 e. The van der Waals surface area contributed by atoms with Gasteiger partial charge in [-0.05, 0) is 12.1 Å². The van der Waals surface area contributed by atoms with Crippen LogP contribution in [0.4, 0.5) is 0 Å². The third kappa shape index (κ3) is 7.99. The van der Waals surface area contributed by atoms with Gasteiger partial charge in [-0.2, -0.15) is 0 Å². The largest absolute Gasteiger partial charge is 1.00 e. The van der Waals surface area contributed by atoms with Gasteiger partial charge in [0.1, 0.15) is 5.75 Å². The molecule has 0 radical (unpaired) electrons. The molecule has 1 aromatic carbocycles. The van der Waals surface area contributed by atoms with Gasteiger partial charge in [0, 0.05) is 0 Å². The normalized spacial score (nSPS) is 8.25. The van der Waals surface area contributed by atoms with Crippen molar-refractivity contribution in [2.24, 2.45) is 0 Å². The Balaban J connectivity index is 0. The Labute approximate surface area is 158 Å². The van der Waals surface area contributed by atoms with Gasteiger partial charge in [0.2, 0.25) is 0 Å². The molecule has 0 heterocycles. The standard InChI is InChI=1S/C6H5O3P.2K/c7-10(8)9-6-4-2-1-3-5-6;;/h1-5H;;/q-2;2*+1. The first kappa shape index (κ1) is 17.1.